The molecule has 0 aliphatic carbocycles. The molecule has 5 atom stereocenters. The predicted octanol–water partition coefficient (Wildman–Crippen LogP) is 5.49. The van der Waals surface area contributed by atoms with Crippen LogP contribution in [0.4, 0.5) is 0 Å². The van der Waals surface area contributed by atoms with E-state index in [0.717, 1.165) is 56.4 Å². The lowest BCUT2D eigenvalue weighted by Crippen LogP contribution is -2.58. The molecule has 1 aromatic rings. The minimum atomic E-state index is -1.16. The molecule has 1 aliphatic rings. The van der Waals surface area contributed by atoms with E-state index in [1.807, 2.05) is 46.6 Å². The summed E-state index contributed by atoms with van der Waals surface area (Å²) < 4.78 is 5.67. The molecule has 0 spiro atoms. The second-order valence-electron chi connectivity index (χ2n) is 12.3. The zero-order valence-corrected chi connectivity index (χ0v) is 27.6. The average Bonchev–Trinajstić information content (AvgIpc) is 3.53. The lowest BCUT2D eigenvalue weighted by molar-refractivity contribution is -0.151. The minimum Gasteiger partial charge on any atom is -0.476 e. The van der Waals surface area contributed by atoms with Gasteiger partial charge in [-0.05, 0) is 45.1 Å². The van der Waals surface area contributed by atoms with E-state index in [9.17, 15) is 24.3 Å². The molecular formula is C31H52N4O6S. The fourth-order valence-corrected chi connectivity index (χ4v) is 6.52. The number of esters is 1. The van der Waals surface area contributed by atoms with Crippen molar-refractivity contribution in [2.75, 3.05) is 20.1 Å². The van der Waals surface area contributed by atoms with Crippen LogP contribution in [0.3, 0.4) is 0 Å². The first-order chi connectivity index (χ1) is 19.7. The highest BCUT2D eigenvalue weighted by atomic mass is 32.1. The van der Waals surface area contributed by atoms with Gasteiger partial charge in [-0.15, -0.1) is 11.3 Å². The number of nitrogens with zero attached hydrogens (tertiary/aromatic N) is 3. The normalized spacial score (nSPS) is 20.1. The Kier molecular flexibility index (Phi) is 13.9. The molecule has 0 radical (unpaired) electrons. The SMILES string of the molecule is CCCCCCN(C(=O)[C@H](C(=O)N[C@@]1(C)CCCN1C)[C@@H](C)CC)[C@H](C[C@@H](OC(C)=O)c1nc(C(=O)O)cs1)C(C)C. The topological polar surface area (TPSA) is 129 Å². The van der Waals surface area contributed by atoms with Crippen LogP contribution in [0.15, 0.2) is 5.38 Å². The summed E-state index contributed by atoms with van der Waals surface area (Å²) in [6, 6.07) is -0.371. The van der Waals surface area contributed by atoms with Crippen molar-refractivity contribution >= 4 is 35.1 Å². The number of nitrogens with one attached hydrogen (secondary N) is 1. The van der Waals surface area contributed by atoms with E-state index in [1.165, 1.54) is 12.3 Å². The Morgan fingerprint density at radius 1 is 1.19 bits per heavy atom. The van der Waals surface area contributed by atoms with Crippen molar-refractivity contribution in [3.8, 4) is 0 Å². The monoisotopic (exact) mass is 608 g/mol. The second kappa shape index (κ2) is 16.4. The number of carboxylic acids is 1. The third kappa shape index (κ3) is 9.49. The Labute approximate surface area is 255 Å². The van der Waals surface area contributed by atoms with Crippen LogP contribution in [0.1, 0.15) is 121 Å². The molecule has 0 saturated carbocycles. The van der Waals surface area contributed by atoms with Crippen LogP contribution in [0, 0.1) is 17.8 Å². The van der Waals surface area contributed by atoms with Gasteiger partial charge in [0.05, 0.1) is 5.66 Å². The molecule has 2 N–H and O–H groups in total. The number of unbranched alkanes of at least 4 members (excludes halogenated alkanes) is 3. The number of hydrogen-bond donors (Lipinski definition) is 2. The number of likely N-dealkylation sites (tertiary alicyclic amines) is 1. The Morgan fingerprint density at radius 2 is 1.88 bits per heavy atom. The summed E-state index contributed by atoms with van der Waals surface area (Å²) in [6.45, 7) is 14.8. The van der Waals surface area contributed by atoms with Gasteiger partial charge in [-0.3, -0.25) is 19.3 Å². The quantitative estimate of drug-likeness (QED) is 0.135. The molecule has 1 saturated heterocycles. The summed E-state index contributed by atoms with van der Waals surface area (Å²) in [6.07, 6.45) is 5.73. The number of amides is 2. The largest absolute Gasteiger partial charge is 0.476 e. The number of aromatic carboxylic acids is 1. The number of rotatable bonds is 17. The first kappa shape index (κ1) is 35.7. The van der Waals surface area contributed by atoms with Crippen molar-refractivity contribution in [1.29, 1.82) is 0 Å². The molecule has 1 aromatic heterocycles. The van der Waals surface area contributed by atoms with Gasteiger partial charge in [0.25, 0.3) is 0 Å². The summed E-state index contributed by atoms with van der Waals surface area (Å²) in [5, 5.41) is 14.4. The van der Waals surface area contributed by atoms with Crippen molar-refractivity contribution in [3.05, 3.63) is 16.1 Å². The zero-order valence-electron chi connectivity index (χ0n) is 26.8. The lowest BCUT2D eigenvalue weighted by Gasteiger charge is -2.40. The van der Waals surface area contributed by atoms with Crippen LogP contribution >= 0.6 is 11.3 Å². The van der Waals surface area contributed by atoms with Crippen molar-refractivity contribution in [2.24, 2.45) is 17.8 Å². The molecule has 2 amide bonds. The summed E-state index contributed by atoms with van der Waals surface area (Å²) in [5.41, 5.74) is -0.612. The molecule has 1 aliphatic heterocycles. The van der Waals surface area contributed by atoms with Gasteiger partial charge in [-0.2, -0.15) is 0 Å². The van der Waals surface area contributed by atoms with Gasteiger partial charge in [0, 0.05) is 37.9 Å². The maximum Gasteiger partial charge on any atom is 0.355 e. The first-order valence-electron chi connectivity index (χ1n) is 15.4. The number of carbonyl (C=O) groups excluding carboxylic acids is 3. The average molecular weight is 609 g/mol. The maximum atomic E-state index is 14.5. The fourth-order valence-electron chi connectivity index (χ4n) is 5.69. The Bertz CT molecular complexity index is 1060. The van der Waals surface area contributed by atoms with Crippen LogP contribution in [-0.4, -0.2) is 75.5 Å². The number of hydrogen-bond acceptors (Lipinski definition) is 8. The zero-order chi connectivity index (χ0) is 31.6. The van der Waals surface area contributed by atoms with E-state index in [1.54, 1.807) is 0 Å². The van der Waals surface area contributed by atoms with Gasteiger partial charge in [0.1, 0.15) is 10.9 Å². The highest BCUT2D eigenvalue weighted by Crippen LogP contribution is 2.33. The fraction of sp³-hybridized carbons (Fsp3) is 0.774. The summed E-state index contributed by atoms with van der Waals surface area (Å²) in [4.78, 5) is 60.2. The van der Waals surface area contributed by atoms with Crippen LogP contribution < -0.4 is 5.32 Å². The maximum absolute atomic E-state index is 14.5. The van der Waals surface area contributed by atoms with Crippen molar-refractivity contribution < 1.29 is 29.0 Å². The standard InChI is InChI=1S/C31H52N4O6S/c1-9-11-12-13-17-35(29(38)26(21(5)10-2)27(37)33-31(7)15-14-16-34(31)8)24(20(3)4)18-25(41-22(6)36)28-32-23(19-42-28)30(39)40/h19-21,24-26H,9-18H2,1-8H3,(H,33,37)(H,39,40)/t21-,24+,25+,26-,31+/m0/s1. The number of carboxylic acid groups (broad SMARTS) is 1. The summed E-state index contributed by atoms with van der Waals surface area (Å²) in [7, 11) is 1.99. The van der Waals surface area contributed by atoms with Crippen molar-refractivity contribution in [2.45, 2.75) is 118 Å². The lowest BCUT2D eigenvalue weighted by atomic mass is 9.86. The highest BCUT2D eigenvalue weighted by Gasteiger charge is 2.43. The number of carbonyl (C=O) groups is 4. The molecule has 10 nitrogen and oxygen atoms in total. The second-order valence-corrected chi connectivity index (χ2v) is 13.2. The van der Waals surface area contributed by atoms with E-state index < -0.39 is 29.6 Å². The molecule has 1 fully saturated rings. The van der Waals surface area contributed by atoms with Crippen molar-refractivity contribution in [1.82, 2.24) is 20.1 Å². The molecule has 2 rings (SSSR count). The van der Waals surface area contributed by atoms with Gasteiger partial charge < -0.3 is 20.1 Å². The van der Waals surface area contributed by atoms with Gasteiger partial charge in [-0.25, -0.2) is 9.78 Å². The third-order valence-electron chi connectivity index (χ3n) is 8.64. The van der Waals surface area contributed by atoms with Gasteiger partial charge in [-0.1, -0.05) is 60.3 Å². The number of aromatic nitrogens is 1. The Hall–Kier alpha value is -2.53. The minimum absolute atomic E-state index is 0.0313. The van der Waals surface area contributed by atoms with E-state index >= 15 is 0 Å². The molecule has 0 bridgehead atoms. The molecule has 2 heterocycles. The van der Waals surface area contributed by atoms with Crippen LogP contribution in [0.5, 0.6) is 0 Å². The molecular weight excluding hydrogens is 556 g/mol. The van der Waals surface area contributed by atoms with E-state index in [0.29, 0.717) is 18.0 Å². The van der Waals surface area contributed by atoms with Crippen molar-refractivity contribution in [3.63, 3.8) is 0 Å². The first-order valence-corrected chi connectivity index (χ1v) is 16.3. The predicted molar refractivity (Wildman–Crippen MR) is 164 cm³/mol. The molecule has 0 unspecified atom stereocenters. The van der Waals surface area contributed by atoms with E-state index in [2.05, 4.69) is 22.1 Å². The molecule has 42 heavy (non-hydrogen) atoms. The van der Waals surface area contributed by atoms with E-state index in [4.69, 9.17) is 4.74 Å². The van der Waals surface area contributed by atoms with Gasteiger partial charge in [0.2, 0.25) is 11.8 Å². The Morgan fingerprint density at radius 3 is 2.38 bits per heavy atom. The van der Waals surface area contributed by atoms with E-state index in [-0.39, 0.29) is 41.8 Å². The third-order valence-corrected chi connectivity index (χ3v) is 9.58. The Balaban J connectivity index is 2.48. The van der Waals surface area contributed by atoms with Crippen LogP contribution in [0.25, 0.3) is 0 Å². The number of thiazole rings is 1. The molecule has 238 valence electrons. The summed E-state index contributed by atoms with van der Waals surface area (Å²) in [5.74, 6) is -3.21. The highest BCUT2D eigenvalue weighted by molar-refractivity contribution is 7.09. The smallest absolute Gasteiger partial charge is 0.355 e. The van der Waals surface area contributed by atoms with Crippen LogP contribution in [-0.2, 0) is 19.1 Å². The van der Waals surface area contributed by atoms with Crippen LogP contribution in [0.2, 0.25) is 0 Å². The van der Waals surface area contributed by atoms with Gasteiger partial charge >= 0.3 is 11.9 Å². The number of ether oxygens (including phenoxy) is 1. The van der Waals surface area contributed by atoms with Gasteiger partial charge in [0.15, 0.2) is 11.8 Å². The molecule has 11 heteroatoms. The molecule has 0 aromatic carbocycles. The summed E-state index contributed by atoms with van der Waals surface area (Å²) >= 11 is 1.12.